The van der Waals surface area contributed by atoms with Gasteiger partial charge in [-0.15, -0.1) is 6.58 Å². The molecule has 0 spiro atoms. The van der Waals surface area contributed by atoms with Crippen molar-refractivity contribution in [3.05, 3.63) is 54.7 Å². The highest BCUT2D eigenvalue weighted by Crippen LogP contribution is 2.41. The predicted molar refractivity (Wildman–Crippen MR) is 102 cm³/mol. The zero-order chi connectivity index (χ0) is 18.7. The predicted octanol–water partition coefficient (Wildman–Crippen LogP) is 2.85. The molecule has 1 unspecified atom stereocenters. The number of benzene rings is 1. The third kappa shape index (κ3) is 4.02. The Balaban J connectivity index is 0.000000447. The lowest BCUT2D eigenvalue weighted by molar-refractivity contribution is -0.0444. The van der Waals surface area contributed by atoms with Crippen LogP contribution in [-0.4, -0.2) is 47.4 Å². The molecule has 6 nitrogen and oxygen atoms in total. The van der Waals surface area contributed by atoms with Gasteiger partial charge in [-0.2, -0.15) is 4.21 Å². The summed E-state index contributed by atoms with van der Waals surface area (Å²) in [6, 6.07) is 10.3. The molecule has 140 valence electrons. The summed E-state index contributed by atoms with van der Waals surface area (Å²) in [6.07, 6.45) is 5.76. The van der Waals surface area contributed by atoms with Gasteiger partial charge in [0, 0.05) is 24.2 Å². The molecule has 2 bridgehead atoms. The van der Waals surface area contributed by atoms with Gasteiger partial charge < -0.3 is 5.11 Å². The van der Waals surface area contributed by atoms with E-state index in [2.05, 4.69) is 28.6 Å². The lowest BCUT2D eigenvalue weighted by Crippen LogP contribution is -2.54. The van der Waals surface area contributed by atoms with Gasteiger partial charge in [0.25, 0.3) is 11.4 Å². The van der Waals surface area contributed by atoms with E-state index in [-0.39, 0.29) is 6.04 Å². The van der Waals surface area contributed by atoms with E-state index in [9.17, 15) is 5.11 Å². The summed E-state index contributed by atoms with van der Waals surface area (Å²) < 4.78 is 22.8. The number of aromatic nitrogens is 1. The van der Waals surface area contributed by atoms with Gasteiger partial charge in [0.15, 0.2) is 0 Å². The molecule has 3 aliphatic heterocycles. The van der Waals surface area contributed by atoms with Crippen molar-refractivity contribution >= 4 is 22.3 Å². The van der Waals surface area contributed by atoms with Crippen molar-refractivity contribution in [1.29, 1.82) is 0 Å². The summed E-state index contributed by atoms with van der Waals surface area (Å²) >= 11 is -2.61. The second-order valence-electron chi connectivity index (χ2n) is 6.84. The van der Waals surface area contributed by atoms with Crippen LogP contribution >= 0.6 is 0 Å². The number of hydrogen-bond acceptors (Lipinski definition) is 4. The number of pyridine rings is 1. The van der Waals surface area contributed by atoms with Gasteiger partial charge in [-0.05, 0) is 48.9 Å². The van der Waals surface area contributed by atoms with Crippen LogP contribution in [0.15, 0.2) is 49.2 Å². The summed E-state index contributed by atoms with van der Waals surface area (Å²) in [6.45, 7) is 6.11. The van der Waals surface area contributed by atoms with Gasteiger partial charge in [0.1, 0.15) is 0 Å². The van der Waals surface area contributed by atoms with E-state index in [1.165, 1.54) is 6.42 Å². The Morgan fingerprint density at radius 2 is 2.04 bits per heavy atom. The number of hydrogen-bond donors (Lipinski definition) is 3. The van der Waals surface area contributed by atoms with E-state index in [1.807, 2.05) is 30.5 Å². The van der Waals surface area contributed by atoms with E-state index < -0.39 is 17.5 Å². The lowest BCUT2D eigenvalue weighted by atomic mass is 9.73. The van der Waals surface area contributed by atoms with Gasteiger partial charge in [-0.25, -0.2) is 0 Å². The molecule has 1 aromatic carbocycles. The average molecular weight is 376 g/mol. The van der Waals surface area contributed by atoms with Gasteiger partial charge in [-0.1, -0.05) is 24.3 Å². The number of aliphatic hydroxyl groups excluding tert-OH is 1. The molecule has 3 fully saturated rings. The van der Waals surface area contributed by atoms with Crippen LogP contribution in [0.25, 0.3) is 10.9 Å². The molecule has 26 heavy (non-hydrogen) atoms. The molecule has 4 heterocycles. The fraction of sp³-hybridized carbons (Fsp3) is 0.421. The van der Waals surface area contributed by atoms with Crippen molar-refractivity contribution in [3.63, 3.8) is 0 Å². The van der Waals surface area contributed by atoms with Crippen LogP contribution in [0.2, 0.25) is 0 Å². The largest absolute Gasteiger partial charge is 0.387 e. The molecule has 1 aromatic heterocycles. The third-order valence-electron chi connectivity index (χ3n) is 5.52. The first kappa shape index (κ1) is 19.1. The Hall–Kier alpha value is -1.64. The maximum atomic E-state index is 11.0. The van der Waals surface area contributed by atoms with Crippen molar-refractivity contribution in [3.8, 4) is 0 Å². The normalized spacial score (nSPS) is 28.5. The minimum atomic E-state index is -2.61. The molecular weight excluding hydrogens is 352 g/mol. The summed E-state index contributed by atoms with van der Waals surface area (Å²) in [5, 5.41) is 12.1. The number of para-hydroxylation sites is 1. The molecular formula is C19H24N2O4S. The topological polar surface area (TPSA) is 93.9 Å². The Bertz CT molecular complexity index is 791. The smallest absolute Gasteiger partial charge is 0.299 e. The molecule has 3 saturated heterocycles. The molecule has 0 radical (unpaired) electrons. The molecule has 7 heteroatoms. The lowest BCUT2D eigenvalue weighted by Gasteiger charge is -2.50. The molecule has 0 saturated carbocycles. The maximum absolute atomic E-state index is 11.0. The van der Waals surface area contributed by atoms with Gasteiger partial charge in [0.2, 0.25) is 0 Å². The van der Waals surface area contributed by atoms with E-state index in [1.54, 1.807) is 0 Å². The molecule has 3 aliphatic rings. The molecule has 3 N–H and O–H groups in total. The van der Waals surface area contributed by atoms with Crippen LogP contribution in [0.4, 0.5) is 0 Å². The highest BCUT2D eigenvalue weighted by Gasteiger charge is 2.42. The maximum Gasteiger partial charge on any atom is 0.299 e. The van der Waals surface area contributed by atoms with Crippen molar-refractivity contribution in [1.82, 2.24) is 9.88 Å². The highest BCUT2D eigenvalue weighted by atomic mass is 32.2. The Labute approximate surface area is 155 Å². The molecule has 2 aromatic rings. The summed E-state index contributed by atoms with van der Waals surface area (Å²) in [7, 11) is 0. The number of nitrogens with zero attached hydrogens (tertiary/aromatic N) is 2. The fourth-order valence-electron chi connectivity index (χ4n) is 4.29. The first-order chi connectivity index (χ1) is 12.5. The molecule has 0 aliphatic carbocycles. The molecule has 0 amide bonds. The number of aliphatic hydroxyl groups is 1. The van der Waals surface area contributed by atoms with Gasteiger partial charge in [0.05, 0.1) is 11.6 Å². The highest BCUT2D eigenvalue weighted by molar-refractivity contribution is 7.73. The minimum Gasteiger partial charge on any atom is -0.387 e. The number of piperidine rings is 3. The van der Waals surface area contributed by atoms with Crippen LogP contribution in [0, 0.1) is 11.8 Å². The SMILES string of the molecule is C=C[C@H]1CN2CC[C@H]1C[C@H]2[C@H](O)c1ccnc2ccccc12.O=S(O)O. The molecule has 5 rings (SSSR count). The van der Waals surface area contributed by atoms with Crippen molar-refractivity contribution in [2.45, 2.75) is 25.0 Å². The zero-order valence-electron chi connectivity index (χ0n) is 14.4. The molecule has 5 atom stereocenters. The monoisotopic (exact) mass is 376 g/mol. The summed E-state index contributed by atoms with van der Waals surface area (Å²) in [5.41, 5.74) is 1.97. The summed E-state index contributed by atoms with van der Waals surface area (Å²) in [5.74, 6) is 1.27. The van der Waals surface area contributed by atoms with Crippen molar-refractivity contribution in [2.75, 3.05) is 13.1 Å². The van der Waals surface area contributed by atoms with Crippen LogP contribution in [0.5, 0.6) is 0 Å². The van der Waals surface area contributed by atoms with E-state index in [0.29, 0.717) is 11.8 Å². The zero-order valence-corrected chi connectivity index (χ0v) is 15.3. The van der Waals surface area contributed by atoms with E-state index >= 15 is 0 Å². The van der Waals surface area contributed by atoms with E-state index in [0.717, 1.165) is 36.0 Å². The Kier molecular flexibility index (Phi) is 6.16. The first-order valence-corrected chi connectivity index (χ1v) is 9.76. The minimum absolute atomic E-state index is 0.223. The average Bonchev–Trinajstić information content (AvgIpc) is 2.66. The second-order valence-corrected chi connectivity index (χ2v) is 7.30. The van der Waals surface area contributed by atoms with Gasteiger partial charge in [-0.3, -0.25) is 19.0 Å². The third-order valence-corrected chi connectivity index (χ3v) is 5.52. The first-order valence-electron chi connectivity index (χ1n) is 8.69. The number of fused-ring (bicyclic) bond motifs is 4. The standard InChI is InChI=1S/C19H22N2O.H2O3S/c1-2-13-12-21-10-8-14(13)11-18(21)19(22)16-7-9-20-17-6-4-3-5-15(16)17;1-4(2)3/h2-7,9,13-14,18-19,22H,1,8,10-12H2;(H2,1,2,3)/t13-,14-,18-,19+;/m0./s1. The second kappa shape index (κ2) is 8.37. The van der Waals surface area contributed by atoms with Crippen molar-refractivity contribution < 1.29 is 18.4 Å². The van der Waals surface area contributed by atoms with Gasteiger partial charge >= 0.3 is 0 Å². The Morgan fingerprint density at radius 1 is 1.31 bits per heavy atom. The Morgan fingerprint density at radius 3 is 2.69 bits per heavy atom. The van der Waals surface area contributed by atoms with Crippen LogP contribution in [-0.2, 0) is 11.4 Å². The van der Waals surface area contributed by atoms with Crippen LogP contribution in [0.1, 0.15) is 24.5 Å². The quantitative estimate of drug-likeness (QED) is 0.563. The summed E-state index contributed by atoms with van der Waals surface area (Å²) in [4.78, 5) is 6.86. The van der Waals surface area contributed by atoms with Crippen LogP contribution in [0.3, 0.4) is 0 Å². The van der Waals surface area contributed by atoms with Crippen molar-refractivity contribution in [2.24, 2.45) is 11.8 Å². The van der Waals surface area contributed by atoms with E-state index in [4.69, 9.17) is 13.3 Å². The fourth-order valence-corrected chi connectivity index (χ4v) is 4.29. The number of rotatable bonds is 3. The van der Waals surface area contributed by atoms with Crippen LogP contribution < -0.4 is 0 Å².